The first-order valence-corrected chi connectivity index (χ1v) is 6.14. The van der Waals surface area contributed by atoms with Crippen molar-refractivity contribution in [2.24, 2.45) is 5.73 Å². The molecule has 1 fully saturated rings. The van der Waals surface area contributed by atoms with E-state index in [1.54, 1.807) is 14.0 Å². The van der Waals surface area contributed by atoms with E-state index in [1.807, 2.05) is 13.0 Å². The van der Waals surface area contributed by atoms with Crippen LogP contribution in [0, 0.1) is 24.0 Å². The van der Waals surface area contributed by atoms with Gasteiger partial charge in [-0.2, -0.15) is 0 Å². The van der Waals surface area contributed by atoms with Gasteiger partial charge in [0.2, 0.25) is 0 Å². The molecule has 2 rings (SSSR count). The summed E-state index contributed by atoms with van der Waals surface area (Å²) >= 11 is 0. The van der Waals surface area contributed by atoms with Crippen LogP contribution in [0.25, 0.3) is 0 Å². The van der Waals surface area contributed by atoms with E-state index in [1.165, 1.54) is 6.07 Å². The first kappa shape index (κ1) is 13.8. The van der Waals surface area contributed by atoms with Gasteiger partial charge < -0.3 is 15.2 Å². The van der Waals surface area contributed by atoms with Crippen LogP contribution in [0.4, 0.5) is 5.69 Å². The van der Waals surface area contributed by atoms with Gasteiger partial charge in [0.05, 0.1) is 4.92 Å². The van der Waals surface area contributed by atoms with E-state index in [-0.39, 0.29) is 23.9 Å². The number of hydrogen-bond donors (Lipinski definition) is 1. The number of methoxy groups -OCH3 is 1. The van der Waals surface area contributed by atoms with E-state index in [0.29, 0.717) is 12.2 Å². The van der Waals surface area contributed by atoms with Gasteiger partial charge in [-0.05, 0) is 25.0 Å². The minimum Gasteiger partial charge on any atom is -0.480 e. The molecule has 104 valence electrons. The van der Waals surface area contributed by atoms with Crippen molar-refractivity contribution in [3.63, 3.8) is 0 Å². The molecular weight excluding hydrogens is 248 g/mol. The quantitative estimate of drug-likeness (QED) is 0.662. The average Bonchev–Trinajstić information content (AvgIpc) is 2.30. The lowest BCUT2D eigenvalue weighted by molar-refractivity contribution is -0.386. The van der Waals surface area contributed by atoms with Gasteiger partial charge in [0, 0.05) is 25.6 Å². The topological polar surface area (TPSA) is 87.6 Å². The standard InChI is InChI=1S/C13H18N2O4/c1-7-4-8(2)12(10(5-7)15(16)17)19-11-6-9(14)13(11)18-3/h4-5,9,11,13H,6,14H2,1-3H3. The maximum atomic E-state index is 11.1. The van der Waals surface area contributed by atoms with Gasteiger partial charge >= 0.3 is 5.69 Å². The van der Waals surface area contributed by atoms with Gasteiger partial charge in [0.1, 0.15) is 12.2 Å². The number of benzene rings is 1. The lowest BCUT2D eigenvalue weighted by Crippen LogP contribution is -2.59. The Balaban J connectivity index is 2.27. The van der Waals surface area contributed by atoms with Crippen LogP contribution in [0.3, 0.4) is 0 Å². The molecule has 0 radical (unpaired) electrons. The molecule has 0 aromatic heterocycles. The summed E-state index contributed by atoms with van der Waals surface area (Å²) in [5, 5.41) is 11.1. The number of hydrogen-bond acceptors (Lipinski definition) is 5. The normalized spacial score (nSPS) is 25.8. The van der Waals surface area contributed by atoms with Gasteiger partial charge in [-0.1, -0.05) is 6.07 Å². The molecule has 3 atom stereocenters. The van der Waals surface area contributed by atoms with Crippen molar-refractivity contribution in [2.75, 3.05) is 7.11 Å². The van der Waals surface area contributed by atoms with Gasteiger partial charge in [0.25, 0.3) is 0 Å². The van der Waals surface area contributed by atoms with E-state index in [0.717, 1.165) is 11.1 Å². The molecule has 19 heavy (non-hydrogen) atoms. The first-order chi connectivity index (χ1) is 8.93. The summed E-state index contributed by atoms with van der Waals surface area (Å²) in [6.45, 7) is 3.62. The Morgan fingerprint density at radius 2 is 2.11 bits per heavy atom. The molecule has 1 aliphatic rings. The van der Waals surface area contributed by atoms with E-state index in [9.17, 15) is 10.1 Å². The predicted molar refractivity (Wildman–Crippen MR) is 70.4 cm³/mol. The minimum atomic E-state index is -0.421. The van der Waals surface area contributed by atoms with Gasteiger partial charge in [-0.25, -0.2) is 0 Å². The van der Waals surface area contributed by atoms with Crippen molar-refractivity contribution in [2.45, 2.75) is 38.5 Å². The molecule has 0 saturated heterocycles. The van der Waals surface area contributed by atoms with Crippen molar-refractivity contribution in [1.82, 2.24) is 0 Å². The van der Waals surface area contributed by atoms with Crippen LogP contribution in [0.15, 0.2) is 12.1 Å². The zero-order valence-corrected chi connectivity index (χ0v) is 11.3. The zero-order valence-electron chi connectivity index (χ0n) is 11.3. The molecule has 2 N–H and O–H groups in total. The van der Waals surface area contributed by atoms with E-state index < -0.39 is 4.92 Å². The monoisotopic (exact) mass is 266 g/mol. The van der Waals surface area contributed by atoms with Gasteiger partial charge in [0.15, 0.2) is 5.75 Å². The molecule has 1 aliphatic carbocycles. The number of rotatable bonds is 4. The smallest absolute Gasteiger partial charge is 0.311 e. The highest BCUT2D eigenvalue weighted by Gasteiger charge is 2.42. The SMILES string of the molecule is COC1C(N)CC1Oc1c(C)cc(C)cc1[N+](=O)[O-]. The van der Waals surface area contributed by atoms with Gasteiger partial charge in [-0.15, -0.1) is 0 Å². The van der Waals surface area contributed by atoms with Crippen LogP contribution >= 0.6 is 0 Å². The fourth-order valence-corrected chi connectivity index (χ4v) is 2.43. The zero-order chi connectivity index (χ0) is 14.2. The Hall–Kier alpha value is -1.66. The van der Waals surface area contributed by atoms with Crippen LogP contribution in [0.1, 0.15) is 17.5 Å². The maximum Gasteiger partial charge on any atom is 0.311 e. The molecule has 1 aromatic carbocycles. The van der Waals surface area contributed by atoms with E-state index in [2.05, 4.69) is 0 Å². The molecule has 3 unspecified atom stereocenters. The second-order valence-corrected chi connectivity index (χ2v) is 4.94. The van der Waals surface area contributed by atoms with Crippen LogP contribution in [-0.2, 0) is 4.74 Å². The molecular formula is C13H18N2O4. The molecule has 0 spiro atoms. The Morgan fingerprint density at radius 3 is 2.63 bits per heavy atom. The Morgan fingerprint density at radius 1 is 1.42 bits per heavy atom. The largest absolute Gasteiger partial charge is 0.480 e. The summed E-state index contributed by atoms with van der Waals surface area (Å²) in [5.74, 6) is 0.314. The lowest BCUT2D eigenvalue weighted by atomic mass is 9.86. The number of nitrogens with two attached hydrogens (primary N) is 1. The Kier molecular flexibility index (Phi) is 3.73. The van der Waals surface area contributed by atoms with Crippen LogP contribution < -0.4 is 10.5 Å². The summed E-state index contributed by atoms with van der Waals surface area (Å²) in [7, 11) is 1.57. The number of aryl methyl sites for hydroxylation is 2. The van der Waals surface area contributed by atoms with Crippen molar-refractivity contribution in [3.8, 4) is 5.75 Å². The first-order valence-electron chi connectivity index (χ1n) is 6.14. The van der Waals surface area contributed by atoms with Crippen molar-refractivity contribution in [1.29, 1.82) is 0 Å². The third-order valence-corrected chi connectivity index (χ3v) is 3.43. The van der Waals surface area contributed by atoms with Crippen molar-refractivity contribution >= 4 is 5.69 Å². The third kappa shape index (κ3) is 2.54. The summed E-state index contributed by atoms with van der Waals surface area (Å²) in [5.41, 5.74) is 7.38. The summed E-state index contributed by atoms with van der Waals surface area (Å²) in [6.07, 6.45) is 0.212. The van der Waals surface area contributed by atoms with Crippen LogP contribution in [-0.4, -0.2) is 30.3 Å². The molecule has 1 aromatic rings. The molecule has 0 bridgehead atoms. The summed E-state index contributed by atoms with van der Waals surface area (Å²) in [6, 6.07) is 3.31. The number of nitro benzene ring substituents is 1. The molecule has 6 nitrogen and oxygen atoms in total. The highest BCUT2D eigenvalue weighted by atomic mass is 16.6. The average molecular weight is 266 g/mol. The molecule has 0 heterocycles. The van der Waals surface area contributed by atoms with E-state index in [4.69, 9.17) is 15.2 Å². The lowest BCUT2D eigenvalue weighted by Gasteiger charge is -2.41. The second-order valence-electron chi connectivity index (χ2n) is 4.94. The maximum absolute atomic E-state index is 11.1. The fourth-order valence-electron chi connectivity index (χ4n) is 2.43. The third-order valence-electron chi connectivity index (χ3n) is 3.43. The molecule has 0 amide bonds. The van der Waals surface area contributed by atoms with E-state index >= 15 is 0 Å². The molecule has 0 aliphatic heterocycles. The Labute approximate surface area is 111 Å². The molecule has 6 heteroatoms. The number of ether oxygens (including phenoxy) is 2. The van der Waals surface area contributed by atoms with Crippen molar-refractivity contribution < 1.29 is 14.4 Å². The minimum absolute atomic E-state index is 0.00664. The van der Waals surface area contributed by atoms with Crippen LogP contribution in [0.2, 0.25) is 0 Å². The Bertz CT molecular complexity index is 504. The summed E-state index contributed by atoms with van der Waals surface area (Å²) < 4.78 is 11.0. The van der Waals surface area contributed by atoms with Crippen LogP contribution in [0.5, 0.6) is 5.75 Å². The predicted octanol–water partition coefficient (Wildman–Crippen LogP) is 1.71. The number of nitro groups is 1. The second kappa shape index (κ2) is 5.14. The summed E-state index contributed by atoms with van der Waals surface area (Å²) in [4.78, 5) is 10.7. The van der Waals surface area contributed by atoms with Gasteiger partial charge in [-0.3, -0.25) is 10.1 Å². The highest BCUT2D eigenvalue weighted by Crippen LogP contribution is 2.36. The fraction of sp³-hybridized carbons (Fsp3) is 0.538. The van der Waals surface area contributed by atoms with Crippen molar-refractivity contribution in [3.05, 3.63) is 33.4 Å². The highest BCUT2D eigenvalue weighted by molar-refractivity contribution is 5.53. The molecule has 1 saturated carbocycles. The number of nitrogens with zero attached hydrogens (tertiary/aromatic N) is 1.